The van der Waals surface area contributed by atoms with Crippen molar-refractivity contribution in [2.45, 2.75) is 0 Å². The first kappa shape index (κ1) is 29.0. The van der Waals surface area contributed by atoms with Crippen LogP contribution < -0.4 is 0 Å². The first-order chi connectivity index (χ1) is 24.2. The van der Waals surface area contributed by atoms with Crippen molar-refractivity contribution in [2.75, 3.05) is 0 Å². The van der Waals surface area contributed by atoms with E-state index in [4.69, 9.17) is 15.0 Å². The van der Waals surface area contributed by atoms with Gasteiger partial charge in [-0.05, 0) is 63.4 Å². The van der Waals surface area contributed by atoms with Crippen LogP contribution in [-0.4, -0.2) is 15.0 Å². The van der Waals surface area contributed by atoms with Crippen molar-refractivity contribution in [3.8, 4) is 66.7 Å². The fourth-order valence-corrected chi connectivity index (χ4v) is 7.33. The zero-order valence-corrected chi connectivity index (χ0v) is 27.3. The van der Waals surface area contributed by atoms with Gasteiger partial charge in [0.15, 0.2) is 5.82 Å². The van der Waals surface area contributed by atoms with E-state index in [1.54, 1.807) is 11.3 Å². The van der Waals surface area contributed by atoms with E-state index in [0.29, 0.717) is 5.82 Å². The molecule has 0 unspecified atom stereocenters. The van der Waals surface area contributed by atoms with Crippen molar-refractivity contribution in [1.82, 2.24) is 15.0 Å². The Hall–Kier alpha value is -6.23. The Bertz CT molecular complexity index is 2580. The summed E-state index contributed by atoms with van der Waals surface area (Å²) in [5, 5.41) is 3.37. The maximum Gasteiger partial charge on any atom is 0.160 e. The van der Waals surface area contributed by atoms with Crippen molar-refractivity contribution >= 4 is 32.3 Å². The molecule has 0 aliphatic heterocycles. The minimum absolute atomic E-state index is 0.708. The Morgan fingerprint density at radius 3 is 1.47 bits per heavy atom. The summed E-state index contributed by atoms with van der Waals surface area (Å²) in [7, 11) is 0. The molecule has 0 N–H and O–H groups in total. The normalized spacial score (nSPS) is 11.3. The summed E-state index contributed by atoms with van der Waals surface area (Å²) in [4.78, 5) is 15.1. The van der Waals surface area contributed by atoms with Crippen molar-refractivity contribution < 1.29 is 0 Å². The summed E-state index contributed by atoms with van der Waals surface area (Å²) in [6.45, 7) is 0. The highest BCUT2D eigenvalue weighted by atomic mass is 32.1. The third-order valence-corrected chi connectivity index (χ3v) is 9.99. The summed E-state index contributed by atoms with van der Waals surface area (Å²) in [5.41, 5.74) is 11.8. The highest BCUT2D eigenvalue weighted by Gasteiger charge is 2.13. The summed E-state index contributed by atoms with van der Waals surface area (Å²) < 4.78 is 1.19. The molecule has 3 nitrogen and oxygen atoms in total. The number of benzene rings is 7. The fraction of sp³-hybridized carbons (Fsp3) is 0. The van der Waals surface area contributed by atoms with E-state index in [0.717, 1.165) is 49.6 Å². The van der Waals surface area contributed by atoms with Crippen LogP contribution in [0, 0.1) is 0 Å². The molecule has 0 bridgehead atoms. The molecular formula is C45H29N3S. The smallest absolute Gasteiger partial charge is 0.160 e. The lowest BCUT2D eigenvalue weighted by Crippen LogP contribution is -1.96. The topological polar surface area (TPSA) is 38.7 Å². The zero-order chi connectivity index (χ0) is 32.6. The van der Waals surface area contributed by atoms with Crippen molar-refractivity contribution in [3.63, 3.8) is 0 Å². The first-order valence-corrected chi connectivity index (χ1v) is 17.2. The van der Waals surface area contributed by atoms with Crippen LogP contribution in [0.25, 0.3) is 87.7 Å². The van der Waals surface area contributed by atoms with Gasteiger partial charge in [-0.3, -0.25) is 0 Å². The Morgan fingerprint density at radius 2 is 0.796 bits per heavy atom. The molecule has 0 saturated heterocycles. The van der Waals surface area contributed by atoms with Gasteiger partial charge in [0, 0.05) is 22.3 Å². The van der Waals surface area contributed by atoms with Crippen LogP contribution in [0.3, 0.4) is 0 Å². The van der Waals surface area contributed by atoms with Gasteiger partial charge in [-0.25, -0.2) is 15.0 Å². The molecule has 9 aromatic rings. The molecule has 0 atom stereocenters. The number of thiazole rings is 1. The summed E-state index contributed by atoms with van der Waals surface area (Å²) in [5.74, 6) is 0.708. The van der Waals surface area contributed by atoms with E-state index < -0.39 is 0 Å². The van der Waals surface area contributed by atoms with Gasteiger partial charge in [0.2, 0.25) is 0 Å². The van der Waals surface area contributed by atoms with E-state index in [1.165, 1.54) is 32.3 Å². The van der Waals surface area contributed by atoms with E-state index >= 15 is 0 Å². The number of nitrogens with zero attached hydrogens (tertiary/aromatic N) is 3. The number of aromatic nitrogens is 3. The molecule has 0 aliphatic rings. The van der Waals surface area contributed by atoms with E-state index in [2.05, 4.69) is 146 Å². The van der Waals surface area contributed by atoms with Crippen LogP contribution in [0.2, 0.25) is 0 Å². The molecule has 0 amide bonds. The molecule has 49 heavy (non-hydrogen) atoms. The highest BCUT2D eigenvalue weighted by molar-refractivity contribution is 7.21. The molecule has 0 spiro atoms. The fourth-order valence-electron chi connectivity index (χ4n) is 6.32. The third-order valence-electron chi connectivity index (χ3n) is 8.92. The summed E-state index contributed by atoms with van der Waals surface area (Å²) >= 11 is 1.74. The van der Waals surface area contributed by atoms with Crippen LogP contribution in [0.4, 0.5) is 0 Å². The van der Waals surface area contributed by atoms with Crippen LogP contribution in [0.5, 0.6) is 0 Å². The van der Waals surface area contributed by atoms with Gasteiger partial charge in [0.05, 0.1) is 21.6 Å². The summed E-state index contributed by atoms with van der Waals surface area (Å²) in [6, 6.07) is 61.6. The van der Waals surface area contributed by atoms with Gasteiger partial charge in [0.25, 0.3) is 0 Å². The predicted octanol–water partition coefficient (Wildman–Crippen LogP) is 12.2. The molecule has 9 rings (SSSR count). The summed E-state index contributed by atoms with van der Waals surface area (Å²) in [6.07, 6.45) is 0. The third kappa shape index (κ3) is 5.80. The molecule has 0 aliphatic carbocycles. The van der Waals surface area contributed by atoms with Crippen molar-refractivity contribution in [3.05, 3.63) is 176 Å². The number of hydrogen-bond donors (Lipinski definition) is 0. The number of rotatable bonds is 6. The van der Waals surface area contributed by atoms with Gasteiger partial charge >= 0.3 is 0 Å². The molecular weight excluding hydrogens is 615 g/mol. The van der Waals surface area contributed by atoms with Gasteiger partial charge < -0.3 is 0 Å². The second kappa shape index (κ2) is 12.4. The van der Waals surface area contributed by atoms with Crippen LogP contribution in [-0.2, 0) is 0 Å². The molecule has 0 fully saturated rings. The molecule has 2 heterocycles. The maximum atomic E-state index is 5.11. The second-order valence-corrected chi connectivity index (χ2v) is 13.1. The Morgan fingerprint density at radius 1 is 0.327 bits per heavy atom. The van der Waals surface area contributed by atoms with Gasteiger partial charge in [-0.2, -0.15) is 0 Å². The average Bonchev–Trinajstić information content (AvgIpc) is 3.62. The Labute approximate surface area is 288 Å². The quantitative estimate of drug-likeness (QED) is 0.181. The van der Waals surface area contributed by atoms with Crippen molar-refractivity contribution in [2.24, 2.45) is 0 Å². The Balaban J connectivity index is 1.07. The van der Waals surface area contributed by atoms with E-state index in [1.807, 2.05) is 30.3 Å². The predicted molar refractivity (Wildman–Crippen MR) is 205 cm³/mol. The molecule has 2 aromatic heterocycles. The monoisotopic (exact) mass is 643 g/mol. The maximum absolute atomic E-state index is 5.11. The van der Waals surface area contributed by atoms with Crippen LogP contribution >= 0.6 is 11.3 Å². The van der Waals surface area contributed by atoms with E-state index in [-0.39, 0.29) is 0 Å². The lowest BCUT2D eigenvalue weighted by atomic mass is 9.99. The minimum Gasteiger partial charge on any atom is -0.236 e. The van der Waals surface area contributed by atoms with Gasteiger partial charge in [-0.15, -0.1) is 11.3 Å². The van der Waals surface area contributed by atoms with Gasteiger partial charge in [-0.1, -0.05) is 146 Å². The molecule has 0 radical (unpaired) electrons. The van der Waals surface area contributed by atoms with Crippen LogP contribution in [0.15, 0.2) is 176 Å². The standard InChI is InChI=1S/C45H29N3S/c1-4-10-30(11-5-1)31-16-18-33(19-17-31)42-29-41(32-12-6-2-7-13-32)46-44(47-42)39-23-22-35-26-36(20-21-37(35)27-39)38-24-25-40-43(28-38)49-45(48-40)34-14-8-3-9-15-34/h1-29H. The first-order valence-electron chi connectivity index (χ1n) is 16.3. The molecule has 0 saturated carbocycles. The van der Waals surface area contributed by atoms with Crippen molar-refractivity contribution in [1.29, 1.82) is 0 Å². The molecule has 7 aromatic carbocycles. The van der Waals surface area contributed by atoms with E-state index in [9.17, 15) is 0 Å². The van der Waals surface area contributed by atoms with Crippen LogP contribution in [0.1, 0.15) is 0 Å². The highest BCUT2D eigenvalue weighted by Crippen LogP contribution is 2.35. The average molecular weight is 644 g/mol. The zero-order valence-electron chi connectivity index (χ0n) is 26.5. The number of fused-ring (bicyclic) bond motifs is 2. The lowest BCUT2D eigenvalue weighted by Gasteiger charge is -2.11. The molecule has 4 heteroatoms. The second-order valence-electron chi connectivity index (χ2n) is 12.1. The molecule has 230 valence electrons. The Kier molecular flexibility index (Phi) is 7.34. The largest absolute Gasteiger partial charge is 0.236 e. The lowest BCUT2D eigenvalue weighted by molar-refractivity contribution is 1.18. The minimum atomic E-state index is 0.708. The SMILES string of the molecule is c1ccc(-c2ccc(-c3cc(-c4ccccc4)nc(-c4ccc5cc(-c6ccc7nc(-c8ccccc8)sc7c6)ccc5c4)n3)cc2)cc1. The number of hydrogen-bond acceptors (Lipinski definition) is 4. The van der Waals surface area contributed by atoms with Gasteiger partial charge in [0.1, 0.15) is 5.01 Å².